The number of fused-ring (bicyclic) bond motifs is 1. The third kappa shape index (κ3) is 5.06. The van der Waals surface area contributed by atoms with Gasteiger partial charge >= 0.3 is 0 Å². The number of rotatable bonds is 8. The molecule has 3 aromatic carbocycles. The number of thioether (sulfide) groups is 1. The molecular formula is C24H24ClN5OS. The number of hydrogen-bond donors (Lipinski definition) is 2. The van der Waals surface area contributed by atoms with Crippen LogP contribution in [0.5, 0.6) is 0 Å². The Hall–Kier alpha value is -3.03. The molecule has 0 saturated carbocycles. The molecule has 0 aliphatic heterocycles. The largest absolute Gasteiger partial charge is 0.378 e. The second-order valence-electron chi connectivity index (χ2n) is 7.28. The van der Waals surface area contributed by atoms with Crippen LogP contribution in [0, 0.1) is 0 Å². The smallest absolute Gasteiger partial charge is 0.237 e. The highest BCUT2D eigenvalue weighted by Crippen LogP contribution is 2.27. The van der Waals surface area contributed by atoms with E-state index in [1.54, 1.807) is 0 Å². The van der Waals surface area contributed by atoms with Crippen LogP contribution in [-0.4, -0.2) is 25.9 Å². The second kappa shape index (κ2) is 10.1. The van der Waals surface area contributed by atoms with Gasteiger partial charge in [-0.05, 0) is 43.5 Å². The number of nitrogens with one attached hydrogen (secondary N) is 2. The minimum atomic E-state index is -0.336. The Morgan fingerprint density at radius 3 is 2.69 bits per heavy atom. The van der Waals surface area contributed by atoms with E-state index < -0.39 is 0 Å². The Morgan fingerprint density at radius 2 is 1.88 bits per heavy atom. The van der Waals surface area contributed by atoms with E-state index in [1.165, 1.54) is 11.8 Å². The Morgan fingerprint density at radius 1 is 1.09 bits per heavy atom. The summed E-state index contributed by atoms with van der Waals surface area (Å²) in [6.07, 6.45) is 0. The summed E-state index contributed by atoms with van der Waals surface area (Å²) in [5.41, 5.74) is 1.73. The van der Waals surface area contributed by atoms with E-state index in [0.717, 1.165) is 33.1 Å². The van der Waals surface area contributed by atoms with E-state index in [4.69, 9.17) is 11.6 Å². The molecule has 2 N–H and O–H groups in total. The molecule has 0 aliphatic rings. The van der Waals surface area contributed by atoms with Crippen molar-refractivity contribution < 1.29 is 4.79 Å². The first-order valence-corrected chi connectivity index (χ1v) is 11.7. The lowest BCUT2D eigenvalue weighted by atomic mass is 10.1. The summed E-state index contributed by atoms with van der Waals surface area (Å²) in [6, 6.07) is 21.5. The molecule has 0 spiro atoms. The third-order valence-electron chi connectivity index (χ3n) is 5.08. The third-order valence-corrected chi connectivity index (χ3v) is 6.40. The zero-order valence-corrected chi connectivity index (χ0v) is 19.5. The quantitative estimate of drug-likeness (QED) is 0.320. The summed E-state index contributed by atoms with van der Waals surface area (Å²) in [4.78, 5) is 12.9. The molecule has 0 unspecified atom stereocenters. The van der Waals surface area contributed by atoms with Gasteiger partial charge in [-0.3, -0.25) is 4.79 Å². The highest BCUT2D eigenvalue weighted by Gasteiger charge is 2.20. The molecule has 0 saturated heterocycles. The summed E-state index contributed by atoms with van der Waals surface area (Å²) in [5, 5.41) is 18.2. The van der Waals surface area contributed by atoms with Gasteiger partial charge in [-0.1, -0.05) is 65.8 Å². The van der Waals surface area contributed by atoms with Gasteiger partial charge < -0.3 is 15.2 Å². The van der Waals surface area contributed by atoms with Crippen molar-refractivity contribution in [2.45, 2.75) is 37.3 Å². The van der Waals surface area contributed by atoms with E-state index >= 15 is 0 Å². The fraction of sp³-hybridized carbons (Fsp3) is 0.208. The molecule has 1 heterocycles. The molecule has 1 atom stereocenters. The molecular weight excluding hydrogens is 442 g/mol. The van der Waals surface area contributed by atoms with E-state index in [1.807, 2.05) is 85.1 Å². The summed E-state index contributed by atoms with van der Waals surface area (Å²) in [7, 11) is 0. The molecule has 4 aromatic rings. The van der Waals surface area contributed by atoms with Gasteiger partial charge in [0.15, 0.2) is 11.0 Å². The monoisotopic (exact) mass is 465 g/mol. The highest BCUT2D eigenvalue weighted by atomic mass is 35.5. The van der Waals surface area contributed by atoms with Crippen LogP contribution in [0.4, 0.5) is 11.4 Å². The van der Waals surface area contributed by atoms with Crippen molar-refractivity contribution in [3.63, 3.8) is 0 Å². The molecule has 0 radical (unpaired) electrons. The predicted molar refractivity (Wildman–Crippen MR) is 132 cm³/mol. The minimum Gasteiger partial charge on any atom is -0.378 e. The van der Waals surface area contributed by atoms with Gasteiger partial charge in [0.2, 0.25) is 5.91 Å². The number of aromatic nitrogens is 3. The fourth-order valence-corrected chi connectivity index (χ4v) is 4.54. The summed E-state index contributed by atoms with van der Waals surface area (Å²) < 4.78 is 2.02. The van der Waals surface area contributed by atoms with E-state index in [-0.39, 0.29) is 11.2 Å². The van der Waals surface area contributed by atoms with Crippen LogP contribution in [0.1, 0.15) is 19.7 Å². The molecule has 0 aliphatic carbocycles. The topological polar surface area (TPSA) is 71.8 Å². The van der Waals surface area contributed by atoms with Crippen molar-refractivity contribution in [3.8, 4) is 0 Å². The molecule has 0 fully saturated rings. The summed E-state index contributed by atoms with van der Waals surface area (Å²) >= 11 is 7.45. The van der Waals surface area contributed by atoms with Gasteiger partial charge in [0.1, 0.15) is 0 Å². The van der Waals surface area contributed by atoms with Crippen LogP contribution in [0.2, 0.25) is 5.02 Å². The SMILES string of the molecule is CCn1c(CNc2cccc(Cl)c2)nnc1S[C@@H](C)C(=O)Nc1cccc2ccccc12. The van der Waals surface area contributed by atoms with Crippen molar-refractivity contribution >= 4 is 51.4 Å². The number of hydrogen-bond acceptors (Lipinski definition) is 5. The molecule has 164 valence electrons. The lowest BCUT2D eigenvalue weighted by Crippen LogP contribution is -2.23. The van der Waals surface area contributed by atoms with Crippen molar-refractivity contribution in [1.29, 1.82) is 0 Å². The average Bonchev–Trinajstić information content (AvgIpc) is 3.19. The van der Waals surface area contributed by atoms with Gasteiger partial charge in [-0.15, -0.1) is 10.2 Å². The average molecular weight is 466 g/mol. The summed E-state index contributed by atoms with van der Waals surface area (Å²) in [6.45, 7) is 5.14. The number of nitrogens with zero attached hydrogens (tertiary/aromatic N) is 3. The van der Waals surface area contributed by atoms with Gasteiger partial charge in [-0.2, -0.15) is 0 Å². The Bertz CT molecular complexity index is 1240. The zero-order valence-electron chi connectivity index (χ0n) is 17.9. The fourth-order valence-electron chi connectivity index (χ4n) is 3.41. The molecule has 6 nitrogen and oxygen atoms in total. The maximum absolute atomic E-state index is 12.9. The van der Waals surface area contributed by atoms with Crippen LogP contribution in [0.3, 0.4) is 0 Å². The van der Waals surface area contributed by atoms with Crippen LogP contribution >= 0.6 is 23.4 Å². The van der Waals surface area contributed by atoms with E-state index in [2.05, 4.69) is 20.8 Å². The predicted octanol–water partition coefficient (Wildman–Crippen LogP) is 5.84. The van der Waals surface area contributed by atoms with Gasteiger partial charge in [0, 0.05) is 28.3 Å². The lowest BCUT2D eigenvalue weighted by Gasteiger charge is -2.14. The van der Waals surface area contributed by atoms with Crippen LogP contribution in [0.15, 0.2) is 71.9 Å². The van der Waals surface area contributed by atoms with Gasteiger partial charge in [0.25, 0.3) is 0 Å². The molecule has 1 aromatic heterocycles. The first-order valence-electron chi connectivity index (χ1n) is 10.4. The Kier molecular flexibility index (Phi) is 6.97. The van der Waals surface area contributed by atoms with Gasteiger partial charge in [0.05, 0.1) is 11.8 Å². The van der Waals surface area contributed by atoms with Crippen molar-refractivity contribution in [3.05, 3.63) is 77.6 Å². The molecule has 0 bridgehead atoms. The number of benzene rings is 3. The molecule has 4 rings (SSSR count). The zero-order chi connectivity index (χ0) is 22.5. The van der Waals surface area contributed by atoms with Crippen molar-refractivity contribution in [2.24, 2.45) is 0 Å². The first-order chi connectivity index (χ1) is 15.5. The van der Waals surface area contributed by atoms with E-state index in [0.29, 0.717) is 18.1 Å². The number of carbonyl (C=O) groups excluding carboxylic acids is 1. The number of carbonyl (C=O) groups is 1. The van der Waals surface area contributed by atoms with Crippen molar-refractivity contribution in [2.75, 3.05) is 10.6 Å². The standard InChI is InChI=1S/C24H24ClN5OS/c1-3-30-22(15-26-19-11-7-10-18(25)14-19)28-29-24(30)32-16(2)23(31)27-21-13-6-9-17-8-4-5-12-20(17)21/h4-14,16,26H,3,15H2,1-2H3,(H,27,31)/t16-/m0/s1. The summed E-state index contributed by atoms with van der Waals surface area (Å²) in [5.74, 6) is 0.729. The molecule has 8 heteroatoms. The number of halogens is 1. The van der Waals surface area contributed by atoms with Crippen LogP contribution in [0.25, 0.3) is 10.8 Å². The van der Waals surface area contributed by atoms with Crippen LogP contribution in [-0.2, 0) is 17.9 Å². The lowest BCUT2D eigenvalue weighted by molar-refractivity contribution is -0.115. The Labute approximate surface area is 196 Å². The normalized spacial score (nSPS) is 12.0. The van der Waals surface area contributed by atoms with E-state index in [9.17, 15) is 4.79 Å². The number of amides is 1. The molecule has 32 heavy (non-hydrogen) atoms. The number of anilines is 2. The second-order valence-corrected chi connectivity index (χ2v) is 9.03. The maximum atomic E-state index is 12.9. The first kappa shape index (κ1) is 22.2. The minimum absolute atomic E-state index is 0.0735. The van der Waals surface area contributed by atoms with Gasteiger partial charge in [-0.25, -0.2) is 0 Å². The van der Waals surface area contributed by atoms with Crippen LogP contribution < -0.4 is 10.6 Å². The Balaban J connectivity index is 1.43. The molecule has 1 amide bonds. The maximum Gasteiger partial charge on any atom is 0.237 e. The van der Waals surface area contributed by atoms with Crippen molar-refractivity contribution in [1.82, 2.24) is 14.8 Å². The highest BCUT2D eigenvalue weighted by molar-refractivity contribution is 8.00.